The second kappa shape index (κ2) is 5.76. The number of piperazine rings is 1. The number of rotatable bonds is 1. The van der Waals surface area contributed by atoms with E-state index in [0.29, 0.717) is 10.4 Å². The number of benzene rings is 2. The van der Waals surface area contributed by atoms with Crippen molar-refractivity contribution in [2.24, 2.45) is 0 Å². The molecule has 7 heteroatoms. The van der Waals surface area contributed by atoms with E-state index in [1.165, 1.54) is 13.1 Å². The van der Waals surface area contributed by atoms with Gasteiger partial charge in [0.15, 0.2) is 11.5 Å². The first-order valence-electron chi connectivity index (χ1n) is 13.3. The Kier molecular flexibility index (Phi) is 1.95. The fraction of sp³-hybridized carbons (Fsp3) is 0.273. The molecule has 3 aliphatic rings. The second-order valence-electron chi connectivity index (χ2n) is 6.83. The molecule has 0 aliphatic carbocycles. The van der Waals surface area contributed by atoms with Gasteiger partial charge in [0.05, 0.1) is 19.4 Å². The molecule has 7 nitrogen and oxygen atoms in total. The van der Waals surface area contributed by atoms with Crippen LogP contribution in [0, 0.1) is 0 Å². The summed E-state index contributed by atoms with van der Waals surface area (Å²) >= 11 is 0. The number of carbonyl (C=O) groups is 2. The van der Waals surface area contributed by atoms with Crippen molar-refractivity contribution < 1.29 is 31.4 Å². The highest BCUT2D eigenvalue weighted by Gasteiger charge is 2.47. The van der Waals surface area contributed by atoms with Gasteiger partial charge in [0.2, 0.25) is 18.6 Å². The third-order valence-corrected chi connectivity index (χ3v) is 5.07. The Bertz CT molecular complexity index is 1610. The third-order valence-electron chi connectivity index (χ3n) is 5.07. The van der Waals surface area contributed by atoms with Crippen LogP contribution < -0.4 is 9.47 Å². The predicted octanol–water partition coefficient (Wildman–Crippen LogP) is 2.21. The summed E-state index contributed by atoms with van der Waals surface area (Å²) in [5.41, 5.74) is -0.936. The highest BCUT2D eigenvalue weighted by Crippen LogP contribution is 2.44. The Labute approximate surface area is 179 Å². The number of likely N-dealkylation sites (N-methyl/N-ethyl adjacent to an activating group) is 1. The van der Waals surface area contributed by atoms with E-state index < -0.39 is 78.7 Å². The molecule has 0 spiro atoms. The van der Waals surface area contributed by atoms with Gasteiger partial charge in [-0.05, 0) is 29.3 Å². The summed E-state index contributed by atoms with van der Waals surface area (Å²) in [6.45, 7) is -3.38. The van der Waals surface area contributed by atoms with Gasteiger partial charge in [-0.3, -0.25) is 9.59 Å². The van der Waals surface area contributed by atoms with Gasteiger partial charge in [-0.15, -0.1) is 0 Å². The molecule has 146 valence electrons. The minimum atomic E-state index is -3.04. The normalized spacial score (nSPS) is 35.8. The van der Waals surface area contributed by atoms with E-state index >= 15 is 0 Å². The Morgan fingerprint density at radius 3 is 2.97 bits per heavy atom. The van der Waals surface area contributed by atoms with Crippen molar-refractivity contribution in [3.05, 3.63) is 59.2 Å². The Morgan fingerprint density at radius 2 is 2.07 bits per heavy atom. The maximum atomic E-state index is 13.6. The van der Waals surface area contributed by atoms with Crippen molar-refractivity contribution in [1.82, 2.24) is 14.8 Å². The minimum absolute atomic E-state index is 0.227. The monoisotopic (exact) mass is 398 g/mol. The summed E-state index contributed by atoms with van der Waals surface area (Å²) in [5.74, 6) is -3.25. The summed E-state index contributed by atoms with van der Waals surface area (Å²) in [7, 11) is 1.23. The number of aromatic nitrogens is 1. The van der Waals surface area contributed by atoms with Crippen LogP contribution >= 0.6 is 0 Å². The van der Waals surface area contributed by atoms with Gasteiger partial charge in [0.1, 0.15) is 8.76 Å². The third kappa shape index (κ3) is 2.24. The number of carbonyl (C=O) groups excluding carboxylic acids is 2. The summed E-state index contributed by atoms with van der Waals surface area (Å²) < 4.78 is 88.5. The zero-order valence-electron chi connectivity index (χ0n) is 24.0. The number of H-pyrrole nitrogens is 1. The van der Waals surface area contributed by atoms with Crippen molar-refractivity contribution in [1.29, 1.82) is 0 Å². The molecule has 3 aliphatic heterocycles. The van der Waals surface area contributed by atoms with Crippen LogP contribution in [-0.4, -0.2) is 53.0 Å². The van der Waals surface area contributed by atoms with Crippen molar-refractivity contribution in [3.8, 4) is 11.5 Å². The molecule has 6 rings (SSSR count). The van der Waals surface area contributed by atoms with Gasteiger partial charge in [0.25, 0.3) is 0 Å². The first kappa shape index (κ1) is 9.82. The molecular weight excluding hydrogens is 370 g/mol. The van der Waals surface area contributed by atoms with E-state index in [-0.39, 0.29) is 16.6 Å². The summed E-state index contributed by atoms with van der Waals surface area (Å²) in [6, 6.07) is -1.81. The molecule has 0 unspecified atom stereocenters. The summed E-state index contributed by atoms with van der Waals surface area (Å²) in [6.07, 6.45) is -2.87. The lowest BCUT2D eigenvalue weighted by molar-refractivity contribution is -0.157. The van der Waals surface area contributed by atoms with E-state index in [4.69, 9.17) is 19.1 Å². The summed E-state index contributed by atoms with van der Waals surface area (Å²) in [4.78, 5) is 31.3. The first-order valence-corrected chi connectivity index (χ1v) is 8.81. The first-order chi connectivity index (χ1) is 17.6. The maximum Gasteiger partial charge on any atom is 0.245 e. The number of nitrogens with one attached hydrogen (secondary N) is 1. The smallest absolute Gasteiger partial charge is 0.245 e. The maximum absolute atomic E-state index is 13.6. The van der Waals surface area contributed by atoms with Crippen LogP contribution in [0.15, 0.2) is 42.4 Å². The average Bonchev–Trinajstić information content (AvgIpc) is 3.39. The van der Waals surface area contributed by atoms with Gasteiger partial charge in [-0.1, -0.05) is 24.2 Å². The van der Waals surface area contributed by atoms with Crippen molar-refractivity contribution in [2.45, 2.75) is 18.4 Å². The molecular formula is C22H19N3O4. The molecule has 2 amide bonds. The van der Waals surface area contributed by atoms with Crippen LogP contribution in [0.25, 0.3) is 10.9 Å². The lowest BCUT2D eigenvalue weighted by atomic mass is 9.86. The van der Waals surface area contributed by atoms with E-state index in [1.54, 1.807) is 18.2 Å². The number of aromatic amines is 1. The minimum Gasteiger partial charge on any atom is -0.454 e. The van der Waals surface area contributed by atoms with Crippen LogP contribution in [0.2, 0.25) is 0 Å². The zero-order valence-corrected chi connectivity index (χ0v) is 15.0. The molecule has 1 saturated heterocycles. The lowest BCUT2D eigenvalue weighted by Crippen LogP contribution is -2.62. The van der Waals surface area contributed by atoms with Gasteiger partial charge in [-0.2, -0.15) is 0 Å². The Balaban J connectivity index is 1.80. The van der Waals surface area contributed by atoms with Crippen molar-refractivity contribution in [2.75, 3.05) is 20.3 Å². The van der Waals surface area contributed by atoms with E-state index in [9.17, 15) is 12.3 Å². The quantitative estimate of drug-likeness (QED) is 0.682. The van der Waals surface area contributed by atoms with Gasteiger partial charge >= 0.3 is 0 Å². The summed E-state index contributed by atoms with van der Waals surface area (Å²) in [5, 5.41) is 0.227. The Hall–Kier alpha value is -3.48. The second-order valence-corrected chi connectivity index (χ2v) is 6.83. The number of amides is 2. The molecule has 1 fully saturated rings. The molecule has 1 N–H and O–H groups in total. The van der Waals surface area contributed by atoms with Crippen molar-refractivity contribution in [3.63, 3.8) is 0 Å². The van der Waals surface area contributed by atoms with Gasteiger partial charge in [0, 0.05) is 32.8 Å². The highest BCUT2D eigenvalue weighted by atomic mass is 16.7. The van der Waals surface area contributed by atoms with Gasteiger partial charge < -0.3 is 24.3 Å². The number of fused-ring (bicyclic) bond motifs is 5. The van der Waals surface area contributed by atoms with E-state index in [1.807, 2.05) is 0 Å². The molecule has 2 atom stereocenters. The molecule has 29 heavy (non-hydrogen) atoms. The zero-order chi connectivity index (χ0) is 27.7. The number of para-hydroxylation sites is 1. The SMILES string of the molecule is [2H]c1c([2H])c([C@]2([2H])c3[nH]c4ccccc4c3C([2H])([2H])[C@]3([2H])C(=O)N(C)CC(=O)N23)c([2H])c2c1OC([2H])([2H])O2. The van der Waals surface area contributed by atoms with Crippen LogP contribution in [0.4, 0.5) is 0 Å². The molecule has 3 aromatic rings. The number of hydrogen-bond donors (Lipinski definition) is 1. The topological polar surface area (TPSA) is 74.9 Å². The molecule has 0 bridgehead atoms. The van der Waals surface area contributed by atoms with Gasteiger partial charge in [-0.25, -0.2) is 0 Å². The standard InChI is InChI=1S/C22H19N3O4/c1-24-10-19(26)25-16(22(24)27)9-14-13-4-2-3-5-15(13)23-20(14)21(25)12-6-7-17-18(8-12)29-11-28-17/h2-8,16,21,23H,9-11H2,1H3/t16-,21-/m1/s1/i6D,7D,8D,9D2,11D2,16D,21D. The predicted molar refractivity (Wildman–Crippen MR) is 105 cm³/mol. The Morgan fingerprint density at radius 1 is 1.24 bits per heavy atom. The van der Waals surface area contributed by atoms with Crippen LogP contribution in [-0.2, 0) is 16.0 Å². The lowest BCUT2D eigenvalue weighted by Gasteiger charge is -2.46. The highest BCUT2D eigenvalue weighted by molar-refractivity contribution is 5.97. The number of hydrogen-bond acceptors (Lipinski definition) is 4. The van der Waals surface area contributed by atoms with E-state index in [0.717, 1.165) is 4.90 Å². The fourth-order valence-electron chi connectivity index (χ4n) is 3.75. The van der Waals surface area contributed by atoms with Crippen LogP contribution in [0.1, 0.15) is 35.2 Å². The van der Waals surface area contributed by atoms with E-state index in [2.05, 4.69) is 4.98 Å². The van der Waals surface area contributed by atoms with Crippen LogP contribution in [0.5, 0.6) is 11.5 Å². The van der Waals surface area contributed by atoms with Crippen molar-refractivity contribution >= 4 is 22.7 Å². The molecule has 1 aromatic heterocycles. The molecule has 4 heterocycles. The molecule has 0 saturated carbocycles. The van der Waals surface area contributed by atoms with Crippen LogP contribution in [0.3, 0.4) is 0 Å². The molecule has 2 aromatic carbocycles. The number of ether oxygens (including phenoxy) is 2. The largest absolute Gasteiger partial charge is 0.454 e. The number of nitrogens with zero attached hydrogens (tertiary/aromatic N) is 2. The fourth-order valence-corrected chi connectivity index (χ4v) is 3.75. The molecule has 0 radical (unpaired) electrons. The average molecular weight is 398 g/mol.